The van der Waals surface area contributed by atoms with Gasteiger partial charge >= 0.3 is 5.97 Å². The van der Waals surface area contributed by atoms with Gasteiger partial charge in [-0.1, -0.05) is 12.1 Å². The first-order chi connectivity index (χ1) is 14.0. The molecule has 1 amide bonds. The second kappa shape index (κ2) is 9.01. The van der Waals surface area contributed by atoms with Crippen molar-refractivity contribution in [1.29, 1.82) is 0 Å². The Bertz CT molecular complexity index is 965. The molecule has 1 N–H and O–H groups in total. The lowest BCUT2D eigenvalue weighted by atomic mass is 10.1. The van der Waals surface area contributed by atoms with E-state index in [-0.39, 0.29) is 5.69 Å². The monoisotopic (exact) mass is 395 g/mol. The molecule has 29 heavy (non-hydrogen) atoms. The molecule has 0 spiro atoms. The molecule has 0 radical (unpaired) electrons. The summed E-state index contributed by atoms with van der Waals surface area (Å²) in [6.45, 7) is 1.74. The molecule has 150 valence electrons. The van der Waals surface area contributed by atoms with Crippen molar-refractivity contribution in [3.8, 4) is 0 Å². The number of rotatable bonds is 6. The number of carbonyl (C=O) groups excluding carboxylic acids is 2. The number of ether oxygens (including phenoxy) is 1. The number of nitrogens with one attached hydrogen (secondary N) is 1. The van der Waals surface area contributed by atoms with E-state index in [4.69, 9.17) is 4.74 Å². The van der Waals surface area contributed by atoms with Gasteiger partial charge in [0, 0.05) is 25.2 Å². The van der Waals surface area contributed by atoms with Crippen molar-refractivity contribution in [3.63, 3.8) is 0 Å². The van der Waals surface area contributed by atoms with Gasteiger partial charge in [0.1, 0.15) is 0 Å². The number of nitro groups is 1. The summed E-state index contributed by atoms with van der Waals surface area (Å²) in [6.07, 6.45) is 4.75. The molecule has 3 rings (SSSR count). The quantitative estimate of drug-likeness (QED) is 0.347. The lowest BCUT2D eigenvalue weighted by Crippen LogP contribution is -2.21. The maximum absolute atomic E-state index is 12.5. The molecule has 0 saturated carbocycles. The fourth-order valence-electron chi connectivity index (χ4n) is 3.25. The fraction of sp³-hybridized carbons (Fsp3) is 0.238. The Morgan fingerprint density at radius 1 is 1.17 bits per heavy atom. The summed E-state index contributed by atoms with van der Waals surface area (Å²) in [5, 5.41) is 13.9. The van der Waals surface area contributed by atoms with Crippen molar-refractivity contribution >= 4 is 35.0 Å². The summed E-state index contributed by atoms with van der Waals surface area (Å²) >= 11 is 0. The average Bonchev–Trinajstić information content (AvgIpc) is 3.26. The summed E-state index contributed by atoms with van der Waals surface area (Å²) in [5.74, 6) is -0.950. The maximum Gasteiger partial charge on any atom is 0.337 e. The minimum Gasteiger partial charge on any atom is -0.465 e. The van der Waals surface area contributed by atoms with E-state index in [2.05, 4.69) is 10.2 Å². The molecule has 0 aliphatic carbocycles. The fourth-order valence-corrected chi connectivity index (χ4v) is 3.25. The zero-order valence-electron chi connectivity index (χ0n) is 16.0. The number of para-hydroxylation sites is 1. The molecule has 8 heteroatoms. The molecule has 0 aromatic heterocycles. The molecule has 1 saturated heterocycles. The van der Waals surface area contributed by atoms with Gasteiger partial charge in [0.05, 0.1) is 34.5 Å². The van der Waals surface area contributed by atoms with Crippen LogP contribution in [0.4, 0.5) is 17.1 Å². The Labute approximate surface area is 167 Å². The Kier molecular flexibility index (Phi) is 6.23. The standard InChI is InChI=1S/C21H21N3O5/c1-29-21(26)16-8-10-19(23-12-4-5-13-23)17(14-16)22-20(25)11-9-15-6-2-3-7-18(15)24(27)28/h2-3,6-11,14H,4-5,12-13H2,1H3,(H,22,25)/b11-9+. The van der Waals surface area contributed by atoms with Crippen molar-refractivity contribution in [2.75, 3.05) is 30.4 Å². The van der Waals surface area contributed by atoms with E-state index >= 15 is 0 Å². The van der Waals surface area contributed by atoms with Gasteiger partial charge in [-0.2, -0.15) is 0 Å². The second-order valence-corrected chi connectivity index (χ2v) is 6.56. The molecule has 0 atom stereocenters. The van der Waals surface area contributed by atoms with Crippen LogP contribution in [-0.2, 0) is 9.53 Å². The zero-order chi connectivity index (χ0) is 20.8. The molecule has 0 unspecified atom stereocenters. The number of carbonyl (C=O) groups is 2. The predicted molar refractivity (Wildman–Crippen MR) is 110 cm³/mol. The number of methoxy groups -OCH3 is 1. The van der Waals surface area contributed by atoms with Crippen molar-refractivity contribution in [3.05, 3.63) is 69.8 Å². The van der Waals surface area contributed by atoms with Crippen molar-refractivity contribution in [1.82, 2.24) is 0 Å². The third-order valence-electron chi connectivity index (χ3n) is 4.67. The van der Waals surface area contributed by atoms with E-state index in [1.165, 1.54) is 25.3 Å². The average molecular weight is 395 g/mol. The topological polar surface area (TPSA) is 102 Å². The van der Waals surface area contributed by atoms with Crippen LogP contribution >= 0.6 is 0 Å². The highest BCUT2D eigenvalue weighted by atomic mass is 16.6. The summed E-state index contributed by atoms with van der Waals surface area (Å²) in [6, 6.07) is 11.2. The van der Waals surface area contributed by atoms with Crippen LogP contribution in [-0.4, -0.2) is 37.0 Å². The maximum atomic E-state index is 12.5. The number of hydrogen-bond acceptors (Lipinski definition) is 6. The van der Waals surface area contributed by atoms with E-state index in [0.29, 0.717) is 16.8 Å². The molecular formula is C21H21N3O5. The molecule has 0 bridgehead atoms. The molecule has 2 aromatic carbocycles. The second-order valence-electron chi connectivity index (χ2n) is 6.56. The Hall–Kier alpha value is -3.68. The summed E-state index contributed by atoms with van der Waals surface area (Å²) in [4.78, 5) is 37.1. The van der Waals surface area contributed by atoms with Gasteiger partial charge in [0.2, 0.25) is 5.91 Å². The molecular weight excluding hydrogens is 374 g/mol. The van der Waals surface area contributed by atoms with Gasteiger partial charge in [-0.15, -0.1) is 0 Å². The van der Waals surface area contributed by atoms with Gasteiger partial charge in [-0.25, -0.2) is 4.79 Å². The molecule has 2 aromatic rings. The lowest BCUT2D eigenvalue weighted by Gasteiger charge is -2.22. The highest BCUT2D eigenvalue weighted by Crippen LogP contribution is 2.30. The van der Waals surface area contributed by atoms with Crippen LogP contribution in [0.15, 0.2) is 48.5 Å². The Morgan fingerprint density at radius 3 is 2.59 bits per heavy atom. The number of hydrogen-bond donors (Lipinski definition) is 1. The molecule has 1 aliphatic heterocycles. The lowest BCUT2D eigenvalue weighted by molar-refractivity contribution is -0.385. The molecule has 1 heterocycles. The largest absolute Gasteiger partial charge is 0.465 e. The van der Waals surface area contributed by atoms with Crippen LogP contribution in [0.25, 0.3) is 6.08 Å². The summed E-state index contributed by atoms with van der Waals surface area (Å²) in [5.41, 5.74) is 1.89. The van der Waals surface area contributed by atoms with E-state index in [1.807, 2.05) is 0 Å². The number of amides is 1. The summed E-state index contributed by atoms with van der Waals surface area (Å²) in [7, 11) is 1.30. The first-order valence-electron chi connectivity index (χ1n) is 9.19. The van der Waals surface area contributed by atoms with Crippen LogP contribution in [0.3, 0.4) is 0 Å². The van der Waals surface area contributed by atoms with Crippen molar-refractivity contribution in [2.24, 2.45) is 0 Å². The van der Waals surface area contributed by atoms with Gasteiger partial charge in [0.15, 0.2) is 0 Å². The third-order valence-corrected chi connectivity index (χ3v) is 4.67. The van der Waals surface area contributed by atoms with Crippen LogP contribution in [0, 0.1) is 10.1 Å². The van der Waals surface area contributed by atoms with Crippen LogP contribution in [0.5, 0.6) is 0 Å². The van der Waals surface area contributed by atoms with Crippen molar-refractivity contribution < 1.29 is 19.2 Å². The van der Waals surface area contributed by atoms with Crippen LogP contribution in [0.2, 0.25) is 0 Å². The van der Waals surface area contributed by atoms with Crippen LogP contribution in [0.1, 0.15) is 28.8 Å². The first-order valence-corrected chi connectivity index (χ1v) is 9.19. The zero-order valence-corrected chi connectivity index (χ0v) is 16.0. The van der Waals surface area contributed by atoms with E-state index in [0.717, 1.165) is 31.6 Å². The third kappa shape index (κ3) is 4.78. The molecule has 1 aliphatic rings. The Balaban J connectivity index is 1.85. The van der Waals surface area contributed by atoms with E-state index < -0.39 is 16.8 Å². The smallest absolute Gasteiger partial charge is 0.337 e. The number of benzene rings is 2. The van der Waals surface area contributed by atoms with Gasteiger partial charge in [-0.3, -0.25) is 14.9 Å². The van der Waals surface area contributed by atoms with Gasteiger partial charge < -0.3 is 15.0 Å². The predicted octanol–water partition coefficient (Wildman–Crippen LogP) is 3.63. The number of nitro benzene ring substituents is 1. The first kappa shape index (κ1) is 20.1. The Morgan fingerprint density at radius 2 is 1.90 bits per heavy atom. The van der Waals surface area contributed by atoms with Crippen molar-refractivity contribution in [2.45, 2.75) is 12.8 Å². The summed E-state index contributed by atoms with van der Waals surface area (Å²) < 4.78 is 4.76. The number of nitrogens with zero attached hydrogens (tertiary/aromatic N) is 2. The minimum atomic E-state index is -0.497. The van der Waals surface area contributed by atoms with Crippen LogP contribution < -0.4 is 10.2 Å². The van der Waals surface area contributed by atoms with E-state index in [1.54, 1.807) is 36.4 Å². The normalized spacial score (nSPS) is 13.5. The molecule has 8 nitrogen and oxygen atoms in total. The highest BCUT2D eigenvalue weighted by molar-refractivity contribution is 6.05. The SMILES string of the molecule is COC(=O)c1ccc(N2CCCC2)c(NC(=O)/C=C/c2ccccc2[N+](=O)[O-])c1. The molecule has 1 fully saturated rings. The minimum absolute atomic E-state index is 0.0815. The van der Waals surface area contributed by atoms with E-state index in [9.17, 15) is 19.7 Å². The highest BCUT2D eigenvalue weighted by Gasteiger charge is 2.19. The number of esters is 1. The van der Waals surface area contributed by atoms with Gasteiger partial charge in [0.25, 0.3) is 5.69 Å². The number of anilines is 2. The van der Waals surface area contributed by atoms with Gasteiger partial charge in [-0.05, 0) is 43.2 Å².